The molecule has 1 saturated heterocycles. The molecule has 2 aromatic rings. The topological polar surface area (TPSA) is 0 Å². The molecule has 0 saturated carbocycles. The van der Waals surface area contributed by atoms with E-state index in [2.05, 4.69) is 77.4 Å². The predicted molar refractivity (Wildman–Crippen MR) is 119 cm³/mol. The maximum Gasteiger partial charge on any atom is -1.00 e. The van der Waals surface area contributed by atoms with Crippen molar-refractivity contribution < 1.29 is 44.0 Å². The van der Waals surface area contributed by atoms with Gasteiger partial charge in [0.2, 0.25) is 0 Å². The molecule has 3 aliphatic rings. The first kappa shape index (κ1) is 23.7. The Labute approximate surface area is 199 Å². The average Bonchev–Trinajstić information content (AvgIpc) is 3.19. The van der Waals surface area contributed by atoms with Gasteiger partial charge in [-0.05, 0) is 0 Å². The van der Waals surface area contributed by atoms with E-state index in [1.165, 1.54) is 22.3 Å². The number of rotatable bonds is 0. The number of hydrogen-bond acceptors (Lipinski definition) is 0. The number of fused-ring (bicyclic) bond motifs is 6. The van der Waals surface area contributed by atoms with Crippen molar-refractivity contribution in [2.45, 2.75) is 36.1 Å². The molecule has 1 fully saturated rings. The van der Waals surface area contributed by atoms with E-state index in [4.69, 9.17) is 0 Å². The number of hydrogen-bond donors (Lipinski definition) is 0. The van der Waals surface area contributed by atoms with Gasteiger partial charge in [0.05, 0.1) is 0 Å². The maximum absolute atomic E-state index is 2.63. The Kier molecular flexibility index (Phi) is 6.99. The minimum atomic E-state index is -0.168. The minimum Gasteiger partial charge on any atom is -1.00 e. The molecular formula is C24H26Cl2P2Ti. The minimum absolute atomic E-state index is 0. The van der Waals surface area contributed by atoms with E-state index >= 15 is 0 Å². The van der Waals surface area contributed by atoms with E-state index in [1.54, 1.807) is 22.3 Å². The Morgan fingerprint density at radius 1 is 0.621 bits per heavy atom. The van der Waals surface area contributed by atoms with Crippen LogP contribution in [0.3, 0.4) is 0 Å². The molecule has 5 heteroatoms. The van der Waals surface area contributed by atoms with Crippen LogP contribution in [0.5, 0.6) is 0 Å². The standard InChI is InChI=1S/C24H26P2.2ClH.Ti/c1-15-7-8-16(2)22-12-19(11-21(15)22)25(5)26(6)20-13-23-17(3)9-10-18(4)24(23)14-20;;;/h7-14H,1-6H3;2*1H;/q;;;+2/p-2. The van der Waals surface area contributed by atoms with Gasteiger partial charge in [-0.25, -0.2) is 0 Å². The van der Waals surface area contributed by atoms with Crippen molar-refractivity contribution in [2.75, 3.05) is 13.3 Å². The van der Waals surface area contributed by atoms with Crippen LogP contribution in [0.2, 0.25) is 0 Å². The smallest absolute Gasteiger partial charge is 1.00 e. The Morgan fingerprint density at radius 3 is 1.34 bits per heavy atom. The summed E-state index contributed by atoms with van der Waals surface area (Å²) in [7, 11) is -0.111. The zero-order valence-electron chi connectivity index (χ0n) is 17.8. The summed E-state index contributed by atoms with van der Waals surface area (Å²) in [5, 5.41) is 3.65. The third-order valence-corrected chi connectivity index (χ3v) is 17.7. The first-order valence-corrected chi connectivity index (χ1v) is 15.8. The van der Waals surface area contributed by atoms with Crippen LogP contribution in [-0.2, 0) is 19.2 Å². The van der Waals surface area contributed by atoms with E-state index in [1.807, 2.05) is 10.6 Å². The molecule has 0 nitrogen and oxygen atoms in total. The molecule has 2 aromatic carbocycles. The van der Waals surface area contributed by atoms with Gasteiger partial charge in [0, 0.05) is 0 Å². The largest absolute Gasteiger partial charge is 1.00 e. The first-order chi connectivity index (χ1) is 12.9. The van der Waals surface area contributed by atoms with Crippen LogP contribution in [0.1, 0.15) is 53.0 Å². The van der Waals surface area contributed by atoms with Crippen molar-refractivity contribution >= 4 is 27.4 Å². The van der Waals surface area contributed by atoms with Gasteiger partial charge < -0.3 is 24.8 Å². The molecule has 150 valence electrons. The molecule has 0 bridgehead atoms. The van der Waals surface area contributed by atoms with E-state index in [0.29, 0.717) is 0 Å². The molecule has 0 radical (unpaired) electrons. The molecule has 0 amide bonds. The van der Waals surface area contributed by atoms with Gasteiger partial charge in [-0.3, -0.25) is 0 Å². The fourth-order valence-corrected chi connectivity index (χ4v) is 17.0. The first-order valence-electron chi connectivity index (χ1n) is 9.75. The second-order valence-corrected chi connectivity index (χ2v) is 17.3. The van der Waals surface area contributed by atoms with Gasteiger partial charge in [-0.15, -0.1) is 0 Å². The van der Waals surface area contributed by atoms with Crippen LogP contribution in [0.4, 0.5) is 0 Å². The summed E-state index contributed by atoms with van der Waals surface area (Å²) < 4.78 is 1.51. The SMILES string of the molecule is Cc1ccc(C)c2c1C=C1[CH]2[Ti+2][CH]2C(=Cc3c(C)ccc(C)c32)P(C)P1C.[Cl-].[Cl-]. The van der Waals surface area contributed by atoms with Crippen molar-refractivity contribution in [1.82, 2.24) is 0 Å². The summed E-state index contributed by atoms with van der Waals surface area (Å²) in [5.41, 5.74) is 12.5. The van der Waals surface area contributed by atoms with Crippen LogP contribution < -0.4 is 24.8 Å². The molecule has 0 spiro atoms. The van der Waals surface area contributed by atoms with E-state index in [-0.39, 0.29) is 59.2 Å². The Hall–Kier alpha value is 0.0743. The summed E-state index contributed by atoms with van der Waals surface area (Å²) in [6.45, 7) is 14.4. The molecule has 4 atom stereocenters. The number of allylic oxidation sites excluding steroid dienone is 2. The fraction of sp³-hybridized carbons (Fsp3) is 0.333. The number of halogens is 2. The third-order valence-electron chi connectivity index (χ3n) is 6.73. The van der Waals surface area contributed by atoms with Crippen molar-refractivity contribution in [3.8, 4) is 0 Å². The molecule has 2 aliphatic carbocycles. The molecule has 4 unspecified atom stereocenters. The summed E-state index contributed by atoms with van der Waals surface area (Å²) in [6, 6.07) is 9.38. The molecule has 0 aromatic heterocycles. The summed E-state index contributed by atoms with van der Waals surface area (Å²) in [5.74, 6) is 0. The normalized spacial score (nSPS) is 25.4. The quantitative estimate of drug-likeness (QED) is 0.386. The predicted octanol–water partition coefficient (Wildman–Crippen LogP) is 1.65. The zero-order valence-corrected chi connectivity index (χ0v) is 22.6. The van der Waals surface area contributed by atoms with Gasteiger partial charge in [-0.2, -0.15) is 0 Å². The summed E-state index contributed by atoms with van der Waals surface area (Å²) in [6.07, 6.45) is 5.25. The van der Waals surface area contributed by atoms with Crippen LogP contribution in [0.15, 0.2) is 34.9 Å². The second kappa shape index (κ2) is 8.55. The molecule has 5 rings (SSSR count). The van der Waals surface area contributed by atoms with Crippen molar-refractivity contribution in [3.63, 3.8) is 0 Å². The molecule has 0 N–H and O–H groups in total. The van der Waals surface area contributed by atoms with Gasteiger partial charge in [0.25, 0.3) is 0 Å². The molecule has 29 heavy (non-hydrogen) atoms. The summed E-state index contributed by atoms with van der Waals surface area (Å²) in [4.78, 5) is 0. The third kappa shape index (κ3) is 3.48. The van der Waals surface area contributed by atoms with Crippen LogP contribution in [0, 0.1) is 27.7 Å². The van der Waals surface area contributed by atoms with E-state index in [0.717, 1.165) is 8.45 Å². The monoisotopic (exact) mass is 494 g/mol. The molecule has 1 aliphatic heterocycles. The fourth-order valence-electron chi connectivity index (χ4n) is 5.03. The van der Waals surface area contributed by atoms with Crippen molar-refractivity contribution in [1.29, 1.82) is 0 Å². The van der Waals surface area contributed by atoms with Gasteiger partial charge in [0.1, 0.15) is 0 Å². The average molecular weight is 495 g/mol. The second-order valence-electron chi connectivity index (χ2n) is 8.27. The van der Waals surface area contributed by atoms with Crippen LogP contribution in [-0.4, -0.2) is 13.3 Å². The van der Waals surface area contributed by atoms with Crippen LogP contribution in [0.25, 0.3) is 12.2 Å². The zero-order chi connectivity index (χ0) is 19.0. The van der Waals surface area contributed by atoms with Crippen LogP contribution >= 0.6 is 15.2 Å². The van der Waals surface area contributed by atoms with E-state index in [9.17, 15) is 0 Å². The Balaban J connectivity index is 0.00000120. The summed E-state index contributed by atoms with van der Waals surface area (Å²) >= 11 is -0.168. The molecule has 1 heterocycles. The van der Waals surface area contributed by atoms with Crippen molar-refractivity contribution in [3.05, 3.63) is 79.4 Å². The number of aryl methyl sites for hydroxylation is 4. The van der Waals surface area contributed by atoms with Crippen molar-refractivity contribution in [2.24, 2.45) is 0 Å². The maximum atomic E-state index is 2.63. The van der Waals surface area contributed by atoms with E-state index < -0.39 is 0 Å². The van der Waals surface area contributed by atoms with Gasteiger partial charge >= 0.3 is 175 Å². The van der Waals surface area contributed by atoms with Gasteiger partial charge in [0.15, 0.2) is 0 Å². The van der Waals surface area contributed by atoms with Gasteiger partial charge in [-0.1, -0.05) is 0 Å². The number of benzene rings is 2. The Morgan fingerprint density at radius 2 is 0.966 bits per heavy atom. The molecular weight excluding hydrogens is 469 g/mol. The Bertz CT molecular complexity index is 974.